The fraction of sp³-hybridized carbons (Fsp3) is 0.364. The molecule has 1 amide bonds. The summed E-state index contributed by atoms with van der Waals surface area (Å²) in [7, 11) is -2.36. The number of sulfonamides is 1. The number of halogens is 2. The first-order chi connectivity index (χ1) is 8.73. The van der Waals surface area contributed by atoms with Gasteiger partial charge in [0, 0.05) is 13.1 Å². The van der Waals surface area contributed by atoms with Crippen LogP contribution in [0.5, 0.6) is 0 Å². The van der Waals surface area contributed by atoms with Crippen LogP contribution in [0.3, 0.4) is 0 Å². The van der Waals surface area contributed by atoms with Crippen molar-refractivity contribution in [3.05, 3.63) is 27.7 Å². The van der Waals surface area contributed by atoms with E-state index in [-0.39, 0.29) is 26.5 Å². The second-order valence-corrected chi connectivity index (χ2v) is 6.74. The molecule has 0 aliphatic heterocycles. The molecule has 2 N–H and O–H groups in total. The number of amides is 1. The van der Waals surface area contributed by atoms with Gasteiger partial charge in [-0.3, -0.25) is 4.79 Å². The Morgan fingerprint density at radius 2 is 1.95 bits per heavy atom. The molecular weight excluding hydrogens is 311 g/mol. The van der Waals surface area contributed by atoms with Crippen molar-refractivity contribution in [2.75, 3.05) is 7.05 Å². The SMILES string of the molecule is CN(C(=O)c1c(Cl)ccc(S(N)(=O)=O)c1Cl)C1CC1. The molecule has 0 unspecified atom stereocenters. The van der Waals surface area contributed by atoms with Crippen molar-refractivity contribution >= 4 is 39.1 Å². The summed E-state index contributed by atoms with van der Waals surface area (Å²) >= 11 is 11.9. The van der Waals surface area contributed by atoms with Gasteiger partial charge in [0.1, 0.15) is 4.90 Å². The van der Waals surface area contributed by atoms with E-state index in [9.17, 15) is 13.2 Å². The zero-order chi connectivity index (χ0) is 14.4. The number of carbonyl (C=O) groups is 1. The number of hydrogen-bond donors (Lipinski definition) is 1. The predicted molar refractivity (Wildman–Crippen MR) is 73.0 cm³/mol. The van der Waals surface area contributed by atoms with Gasteiger partial charge in [-0.2, -0.15) is 0 Å². The minimum absolute atomic E-state index is 0.0238. The minimum atomic E-state index is -4.00. The predicted octanol–water partition coefficient (Wildman–Crippen LogP) is 1.88. The summed E-state index contributed by atoms with van der Waals surface area (Å²) in [5.41, 5.74) is -0.0238. The Kier molecular flexibility index (Phi) is 3.79. The number of carbonyl (C=O) groups excluding carboxylic acids is 1. The van der Waals surface area contributed by atoms with Crippen LogP contribution in [0.25, 0.3) is 0 Å². The third kappa shape index (κ3) is 2.86. The number of nitrogens with two attached hydrogens (primary N) is 1. The summed E-state index contributed by atoms with van der Waals surface area (Å²) in [6.07, 6.45) is 1.85. The van der Waals surface area contributed by atoms with Crippen molar-refractivity contribution in [1.82, 2.24) is 4.90 Å². The van der Waals surface area contributed by atoms with E-state index in [4.69, 9.17) is 28.3 Å². The van der Waals surface area contributed by atoms with Gasteiger partial charge < -0.3 is 4.90 Å². The van der Waals surface area contributed by atoms with E-state index in [0.717, 1.165) is 12.8 Å². The van der Waals surface area contributed by atoms with Crippen LogP contribution in [-0.4, -0.2) is 32.3 Å². The first-order valence-corrected chi connectivity index (χ1v) is 7.81. The Bertz CT molecular complexity index is 642. The number of benzene rings is 1. The lowest BCUT2D eigenvalue weighted by molar-refractivity contribution is 0.0785. The monoisotopic (exact) mass is 322 g/mol. The second-order valence-electron chi connectivity index (χ2n) is 4.43. The normalized spacial score (nSPS) is 15.4. The molecule has 1 aromatic carbocycles. The fourth-order valence-corrected chi connectivity index (χ4v) is 3.22. The lowest BCUT2D eigenvalue weighted by Gasteiger charge is -2.18. The maximum Gasteiger partial charge on any atom is 0.256 e. The highest BCUT2D eigenvalue weighted by Gasteiger charge is 2.33. The average Bonchev–Trinajstić information content (AvgIpc) is 3.09. The number of nitrogens with zero attached hydrogens (tertiary/aromatic N) is 1. The summed E-state index contributed by atoms with van der Waals surface area (Å²) < 4.78 is 22.8. The third-order valence-electron chi connectivity index (χ3n) is 2.99. The standard InChI is InChI=1S/C11H12Cl2N2O3S/c1-15(6-2-3-6)11(16)9-7(12)4-5-8(10(9)13)19(14,17)18/h4-6H,2-3H2,1H3,(H2,14,17,18). The first kappa shape index (κ1) is 14.6. The molecule has 0 bridgehead atoms. The quantitative estimate of drug-likeness (QED) is 0.922. The van der Waals surface area contributed by atoms with Crippen molar-refractivity contribution in [1.29, 1.82) is 0 Å². The number of hydrogen-bond acceptors (Lipinski definition) is 3. The van der Waals surface area contributed by atoms with Crippen molar-refractivity contribution in [2.45, 2.75) is 23.8 Å². The summed E-state index contributed by atoms with van der Waals surface area (Å²) in [6.45, 7) is 0. The van der Waals surface area contributed by atoms with Crippen molar-refractivity contribution in [3.8, 4) is 0 Å². The van der Waals surface area contributed by atoms with Gasteiger partial charge in [0.2, 0.25) is 10.0 Å². The zero-order valence-electron chi connectivity index (χ0n) is 10.1. The molecule has 2 rings (SSSR count). The molecule has 19 heavy (non-hydrogen) atoms. The van der Waals surface area contributed by atoms with Crippen LogP contribution in [0.4, 0.5) is 0 Å². The van der Waals surface area contributed by atoms with Gasteiger partial charge in [-0.05, 0) is 25.0 Å². The first-order valence-electron chi connectivity index (χ1n) is 5.51. The smallest absolute Gasteiger partial charge is 0.256 e. The van der Waals surface area contributed by atoms with E-state index < -0.39 is 15.9 Å². The molecule has 0 aromatic heterocycles. The van der Waals surface area contributed by atoms with E-state index in [1.165, 1.54) is 17.0 Å². The average molecular weight is 323 g/mol. The van der Waals surface area contributed by atoms with Crippen LogP contribution in [0, 0.1) is 0 Å². The topological polar surface area (TPSA) is 80.5 Å². The Balaban J connectivity index is 2.53. The van der Waals surface area contributed by atoms with Crippen molar-refractivity contribution in [3.63, 3.8) is 0 Å². The number of rotatable bonds is 3. The molecule has 1 aliphatic carbocycles. The molecule has 1 aliphatic rings. The maximum atomic E-state index is 12.3. The third-order valence-corrected chi connectivity index (χ3v) is 4.76. The molecule has 8 heteroatoms. The van der Waals surface area contributed by atoms with Crippen LogP contribution in [0.1, 0.15) is 23.2 Å². The highest BCUT2D eigenvalue weighted by atomic mass is 35.5. The van der Waals surface area contributed by atoms with E-state index in [1.807, 2.05) is 0 Å². The molecule has 5 nitrogen and oxygen atoms in total. The minimum Gasteiger partial charge on any atom is -0.339 e. The fourth-order valence-electron chi connectivity index (χ4n) is 1.75. The highest BCUT2D eigenvalue weighted by Crippen LogP contribution is 2.34. The Labute approximate surface area is 121 Å². The largest absolute Gasteiger partial charge is 0.339 e. The summed E-state index contributed by atoms with van der Waals surface area (Å²) in [5, 5.41) is 4.92. The van der Waals surface area contributed by atoms with E-state index in [1.54, 1.807) is 7.05 Å². The molecule has 0 radical (unpaired) electrons. The van der Waals surface area contributed by atoms with Crippen LogP contribution >= 0.6 is 23.2 Å². The van der Waals surface area contributed by atoms with Gasteiger partial charge in [-0.25, -0.2) is 13.6 Å². The molecule has 104 valence electrons. The van der Waals surface area contributed by atoms with Gasteiger partial charge in [0.15, 0.2) is 0 Å². The van der Waals surface area contributed by atoms with Gasteiger partial charge in [-0.15, -0.1) is 0 Å². The van der Waals surface area contributed by atoms with Crippen molar-refractivity contribution in [2.24, 2.45) is 5.14 Å². The van der Waals surface area contributed by atoms with Gasteiger partial charge >= 0.3 is 0 Å². The van der Waals surface area contributed by atoms with Gasteiger partial charge in [-0.1, -0.05) is 23.2 Å². The summed E-state index contributed by atoms with van der Waals surface area (Å²) in [5.74, 6) is -0.400. The van der Waals surface area contributed by atoms with Crippen LogP contribution in [-0.2, 0) is 10.0 Å². The van der Waals surface area contributed by atoms with E-state index >= 15 is 0 Å². The lowest BCUT2D eigenvalue weighted by atomic mass is 10.2. The van der Waals surface area contributed by atoms with Crippen LogP contribution in [0.2, 0.25) is 10.0 Å². The molecule has 1 fully saturated rings. The highest BCUT2D eigenvalue weighted by molar-refractivity contribution is 7.89. The molecular formula is C11H12Cl2N2O3S. The Morgan fingerprint density at radius 1 is 1.37 bits per heavy atom. The molecule has 0 atom stereocenters. The van der Waals surface area contributed by atoms with Crippen molar-refractivity contribution < 1.29 is 13.2 Å². The van der Waals surface area contributed by atoms with Gasteiger partial charge in [0.05, 0.1) is 15.6 Å². The van der Waals surface area contributed by atoms with E-state index in [0.29, 0.717) is 0 Å². The van der Waals surface area contributed by atoms with Crippen LogP contribution < -0.4 is 5.14 Å². The summed E-state index contributed by atoms with van der Waals surface area (Å²) in [4.78, 5) is 13.5. The van der Waals surface area contributed by atoms with Crippen LogP contribution in [0.15, 0.2) is 17.0 Å². The zero-order valence-corrected chi connectivity index (χ0v) is 12.4. The number of primary sulfonamides is 1. The second kappa shape index (κ2) is 4.94. The Morgan fingerprint density at radius 3 is 2.42 bits per heavy atom. The lowest BCUT2D eigenvalue weighted by Crippen LogP contribution is -2.29. The molecule has 1 saturated carbocycles. The maximum absolute atomic E-state index is 12.3. The van der Waals surface area contributed by atoms with E-state index in [2.05, 4.69) is 0 Å². The molecule has 0 heterocycles. The summed E-state index contributed by atoms with van der Waals surface area (Å²) in [6, 6.07) is 2.66. The Hall–Kier alpha value is -0.820. The molecule has 0 saturated heterocycles. The molecule has 0 spiro atoms. The van der Waals surface area contributed by atoms with Gasteiger partial charge in [0.25, 0.3) is 5.91 Å². The molecule has 1 aromatic rings.